The van der Waals surface area contributed by atoms with Gasteiger partial charge in [-0.05, 0) is 54.8 Å². The Morgan fingerprint density at radius 2 is 1.76 bits per heavy atom. The zero-order valence-electron chi connectivity index (χ0n) is 18.9. The number of hydrogen-bond donors (Lipinski definition) is 1. The van der Waals surface area contributed by atoms with Gasteiger partial charge in [-0.25, -0.2) is 0 Å². The third kappa shape index (κ3) is 4.51. The highest BCUT2D eigenvalue weighted by molar-refractivity contribution is 6.51. The average molecular weight is 443 g/mol. The minimum absolute atomic E-state index is 0.0527. The number of aromatic nitrogens is 1. The van der Waals surface area contributed by atoms with Crippen LogP contribution in [0.15, 0.2) is 78.6 Å². The Bertz CT molecular complexity index is 1200. The molecule has 1 unspecified atom stereocenters. The normalized spacial score (nSPS) is 17.6. The average Bonchev–Trinajstić information content (AvgIpc) is 3.08. The number of ether oxygens (including phenoxy) is 1. The number of hydrogen-bond acceptors (Lipinski definition) is 5. The van der Waals surface area contributed by atoms with Gasteiger partial charge in [0.25, 0.3) is 11.7 Å². The number of amides is 1. The van der Waals surface area contributed by atoms with Gasteiger partial charge >= 0.3 is 0 Å². The Balaban J connectivity index is 1.82. The number of ketones is 1. The van der Waals surface area contributed by atoms with Gasteiger partial charge in [0.15, 0.2) is 0 Å². The highest BCUT2D eigenvalue weighted by Gasteiger charge is 2.47. The lowest BCUT2D eigenvalue weighted by molar-refractivity contribution is -0.132. The van der Waals surface area contributed by atoms with Crippen molar-refractivity contribution in [2.75, 3.05) is 11.5 Å². The molecule has 6 heteroatoms. The Morgan fingerprint density at radius 1 is 1.06 bits per heavy atom. The van der Waals surface area contributed by atoms with E-state index >= 15 is 0 Å². The molecule has 33 heavy (non-hydrogen) atoms. The largest absolute Gasteiger partial charge is 0.507 e. The topological polar surface area (TPSA) is 79.7 Å². The molecule has 0 aliphatic carbocycles. The van der Waals surface area contributed by atoms with E-state index in [0.29, 0.717) is 29.5 Å². The summed E-state index contributed by atoms with van der Waals surface area (Å²) >= 11 is 0. The molecule has 1 saturated heterocycles. The zero-order chi connectivity index (χ0) is 23.5. The summed E-state index contributed by atoms with van der Waals surface area (Å²) in [6, 6.07) is 17.1. The van der Waals surface area contributed by atoms with Crippen LogP contribution in [0.2, 0.25) is 0 Å². The van der Waals surface area contributed by atoms with Crippen molar-refractivity contribution in [3.63, 3.8) is 0 Å². The molecular weight excluding hydrogens is 416 g/mol. The fourth-order valence-corrected chi connectivity index (χ4v) is 3.89. The quantitative estimate of drug-likeness (QED) is 0.328. The van der Waals surface area contributed by atoms with Crippen LogP contribution in [0.25, 0.3) is 5.76 Å². The predicted octanol–water partition coefficient (Wildman–Crippen LogP) is 5.05. The van der Waals surface area contributed by atoms with Gasteiger partial charge in [0.1, 0.15) is 11.5 Å². The maximum Gasteiger partial charge on any atom is 0.300 e. The van der Waals surface area contributed by atoms with Crippen LogP contribution in [0, 0.1) is 12.8 Å². The molecule has 1 aromatic heterocycles. The lowest BCUT2D eigenvalue weighted by atomic mass is 9.94. The number of carbonyl (C=O) groups is 2. The highest BCUT2D eigenvalue weighted by atomic mass is 16.5. The first-order valence-corrected chi connectivity index (χ1v) is 10.9. The molecule has 1 atom stereocenters. The summed E-state index contributed by atoms with van der Waals surface area (Å²) in [7, 11) is 0. The van der Waals surface area contributed by atoms with E-state index in [4.69, 9.17) is 4.74 Å². The van der Waals surface area contributed by atoms with Gasteiger partial charge < -0.3 is 9.84 Å². The minimum Gasteiger partial charge on any atom is -0.507 e. The van der Waals surface area contributed by atoms with Gasteiger partial charge in [-0.15, -0.1) is 0 Å². The van der Waals surface area contributed by atoms with Crippen molar-refractivity contribution >= 4 is 23.1 Å². The van der Waals surface area contributed by atoms with Crippen molar-refractivity contribution in [2.45, 2.75) is 26.8 Å². The molecule has 168 valence electrons. The summed E-state index contributed by atoms with van der Waals surface area (Å²) in [6.07, 6.45) is 3.06. The number of rotatable bonds is 6. The number of anilines is 1. The lowest BCUT2D eigenvalue weighted by Gasteiger charge is -2.26. The van der Waals surface area contributed by atoms with Gasteiger partial charge in [0, 0.05) is 23.6 Å². The molecule has 2 aromatic carbocycles. The molecule has 1 aliphatic rings. The summed E-state index contributed by atoms with van der Waals surface area (Å²) in [5.74, 6) is -0.560. The van der Waals surface area contributed by atoms with Crippen LogP contribution in [-0.4, -0.2) is 28.4 Å². The number of aliphatic hydroxyl groups is 1. The summed E-state index contributed by atoms with van der Waals surface area (Å²) in [5, 5.41) is 11.1. The van der Waals surface area contributed by atoms with Gasteiger partial charge in [-0.1, -0.05) is 43.7 Å². The summed E-state index contributed by atoms with van der Waals surface area (Å²) < 4.78 is 5.75. The van der Waals surface area contributed by atoms with E-state index in [2.05, 4.69) is 18.8 Å². The molecule has 3 aromatic rings. The number of aliphatic hydroxyl groups excluding tert-OH is 1. The molecule has 0 saturated carbocycles. The first-order chi connectivity index (χ1) is 15.9. The molecule has 1 amide bonds. The monoisotopic (exact) mass is 442 g/mol. The Kier molecular flexibility index (Phi) is 6.27. The first-order valence-electron chi connectivity index (χ1n) is 10.9. The van der Waals surface area contributed by atoms with Crippen LogP contribution < -0.4 is 9.64 Å². The second kappa shape index (κ2) is 9.28. The highest BCUT2D eigenvalue weighted by Crippen LogP contribution is 2.42. The van der Waals surface area contributed by atoms with Crippen LogP contribution in [0.3, 0.4) is 0 Å². The van der Waals surface area contributed by atoms with Crippen molar-refractivity contribution in [1.82, 2.24) is 4.98 Å². The molecule has 2 heterocycles. The second-order valence-corrected chi connectivity index (χ2v) is 8.52. The third-order valence-corrected chi connectivity index (χ3v) is 5.45. The molecule has 1 N–H and O–H groups in total. The standard InChI is InChI=1S/C27H26N2O4/c1-17(2)16-33-22-9-7-21(8-10-22)29-24(20-6-4-5-18(3)15-20)23(26(31)27(29)32)25(30)19-11-13-28-14-12-19/h4-15,17,24,30H,16H2,1-3H3/b25-23-. The molecule has 1 aliphatic heterocycles. The first kappa shape index (κ1) is 22.3. The van der Waals surface area contributed by atoms with E-state index < -0.39 is 17.7 Å². The Labute approximate surface area is 193 Å². The van der Waals surface area contributed by atoms with Crippen molar-refractivity contribution in [3.05, 3.63) is 95.3 Å². The summed E-state index contributed by atoms with van der Waals surface area (Å²) in [4.78, 5) is 31.8. The molecule has 6 nitrogen and oxygen atoms in total. The summed E-state index contributed by atoms with van der Waals surface area (Å²) in [6.45, 7) is 6.66. The van der Waals surface area contributed by atoms with E-state index in [-0.39, 0.29) is 11.3 Å². The summed E-state index contributed by atoms with van der Waals surface area (Å²) in [5.41, 5.74) is 2.76. The Morgan fingerprint density at radius 3 is 2.39 bits per heavy atom. The van der Waals surface area contributed by atoms with Crippen LogP contribution in [0.4, 0.5) is 5.69 Å². The van der Waals surface area contributed by atoms with Gasteiger partial charge in [-0.2, -0.15) is 0 Å². The van der Waals surface area contributed by atoms with Crippen LogP contribution in [0.1, 0.15) is 36.6 Å². The number of pyridine rings is 1. The van der Waals surface area contributed by atoms with Crippen LogP contribution in [-0.2, 0) is 9.59 Å². The van der Waals surface area contributed by atoms with Gasteiger partial charge in [-0.3, -0.25) is 19.5 Å². The van der Waals surface area contributed by atoms with Crippen molar-refractivity contribution in [3.8, 4) is 5.75 Å². The fraction of sp³-hybridized carbons (Fsp3) is 0.222. The number of benzene rings is 2. The van der Waals surface area contributed by atoms with Crippen LogP contribution in [0.5, 0.6) is 5.75 Å². The third-order valence-electron chi connectivity index (χ3n) is 5.45. The zero-order valence-corrected chi connectivity index (χ0v) is 18.9. The predicted molar refractivity (Wildman–Crippen MR) is 127 cm³/mol. The Hall–Kier alpha value is -3.93. The van der Waals surface area contributed by atoms with E-state index in [9.17, 15) is 14.7 Å². The smallest absolute Gasteiger partial charge is 0.300 e. The van der Waals surface area contributed by atoms with E-state index in [1.54, 1.807) is 36.4 Å². The minimum atomic E-state index is -0.763. The molecule has 0 spiro atoms. The molecule has 0 radical (unpaired) electrons. The van der Waals surface area contributed by atoms with Gasteiger partial charge in [0.2, 0.25) is 0 Å². The van der Waals surface area contributed by atoms with Crippen molar-refractivity contribution in [2.24, 2.45) is 5.92 Å². The molecular formula is C27H26N2O4. The number of nitrogens with zero attached hydrogens (tertiary/aromatic N) is 2. The van der Waals surface area contributed by atoms with Crippen LogP contribution >= 0.6 is 0 Å². The fourth-order valence-electron chi connectivity index (χ4n) is 3.89. The number of aryl methyl sites for hydroxylation is 1. The van der Waals surface area contributed by atoms with Crippen molar-refractivity contribution < 1.29 is 19.4 Å². The number of Topliss-reactive ketones (excluding diaryl/α,β-unsaturated/α-hetero) is 1. The molecule has 0 bridgehead atoms. The maximum atomic E-state index is 13.2. The van der Waals surface area contributed by atoms with E-state index in [1.807, 2.05) is 31.2 Å². The lowest BCUT2D eigenvalue weighted by Crippen LogP contribution is -2.29. The van der Waals surface area contributed by atoms with E-state index in [0.717, 1.165) is 11.1 Å². The molecule has 4 rings (SSSR count). The SMILES string of the molecule is Cc1cccc(C2/C(=C(/O)c3ccncc3)C(=O)C(=O)N2c2ccc(OCC(C)C)cc2)c1. The number of carbonyl (C=O) groups excluding carboxylic acids is 2. The van der Waals surface area contributed by atoms with E-state index in [1.165, 1.54) is 17.3 Å². The van der Waals surface area contributed by atoms with Gasteiger partial charge in [0.05, 0.1) is 18.2 Å². The van der Waals surface area contributed by atoms with Crippen molar-refractivity contribution in [1.29, 1.82) is 0 Å². The maximum absolute atomic E-state index is 13.2. The second-order valence-electron chi connectivity index (χ2n) is 8.52. The molecule has 1 fully saturated rings.